The number of nitrogens with zero attached hydrogens (tertiary/aromatic N) is 1. The van der Waals surface area contributed by atoms with E-state index in [2.05, 4.69) is 4.98 Å². The smallest absolute Gasteiger partial charge is 0.398 e. The zero-order valence-electron chi connectivity index (χ0n) is 10.4. The molecule has 0 bridgehead atoms. The second-order valence-corrected chi connectivity index (χ2v) is 5.90. The molecule has 0 atom stereocenters. The van der Waals surface area contributed by atoms with Crippen molar-refractivity contribution in [3.05, 3.63) is 47.0 Å². The SMILES string of the molecule is Nc1ccc(C(F)(F)F)cc1-c1nc2cc(Cl)ccc2s1. The fourth-order valence-electron chi connectivity index (χ4n) is 1.93. The number of hydrogen-bond donors (Lipinski definition) is 1. The van der Waals surface area contributed by atoms with Gasteiger partial charge >= 0.3 is 6.18 Å². The number of benzene rings is 2. The minimum Gasteiger partial charge on any atom is -0.398 e. The molecule has 21 heavy (non-hydrogen) atoms. The summed E-state index contributed by atoms with van der Waals surface area (Å²) in [5, 5.41) is 0.965. The number of halogens is 4. The van der Waals surface area contributed by atoms with Crippen molar-refractivity contribution in [2.45, 2.75) is 6.18 Å². The van der Waals surface area contributed by atoms with E-state index in [1.54, 1.807) is 18.2 Å². The second kappa shape index (κ2) is 4.89. The quantitative estimate of drug-likeness (QED) is 0.622. The minimum atomic E-state index is -4.41. The Morgan fingerprint density at radius 1 is 1.10 bits per heavy atom. The van der Waals surface area contributed by atoms with Crippen LogP contribution >= 0.6 is 22.9 Å². The molecule has 7 heteroatoms. The van der Waals surface area contributed by atoms with Gasteiger partial charge in [-0.1, -0.05) is 11.6 Å². The number of thiazole rings is 1. The summed E-state index contributed by atoms with van der Waals surface area (Å²) >= 11 is 7.16. The van der Waals surface area contributed by atoms with Crippen LogP contribution in [-0.4, -0.2) is 4.98 Å². The Morgan fingerprint density at radius 2 is 1.86 bits per heavy atom. The number of nitrogens with two attached hydrogens (primary N) is 1. The predicted molar refractivity (Wildman–Crippen MR) is 79.5 cm³/mol. The molecular formula is C14H8ClF3N2S. The van der Waals surface area contributed by atoms with E-state index in [0.29, 0.717) is 15.5 Å². The lowest BCUT2D eigenvalue weighted by molar-refractivity contribution is -0.137. The van der Waals surface area contributed by atoms with Gasteiger partial charge in [0.25, 0.3) is 0 Å². The molecule has 0 saturated carbocycles. The Bertz CT molecular complexity index is 827. The van der Waals surface area contributed by atoms with E-state index < -0.39 is 11.7 Å². The summed E-state index contributed by atoms with van der Waals surface area (Å²) in [4.78, 5) is 4.31. The first kappa shape index (κ1) is 14.2. The number of alkyl halides is 3. The average Bonchev–Trinajstić information content (AvgIpc) is 2.80. The molecule has 2 N–H and O–H groups in total. The average molecular weight is 329 g/mol. The van der Waals surface area contributed by atoms with Gasteiger partial charge in [0.2, 0.25) is 0 Å². The first-order valence-electron chi connectivity index (χ1n) is 5.88. The van der Waals surface area contributed by atoms with E-state index in [9.17, 15) is 13.2 Å². The Morgan fingerprint density at radius 3 is 2.57 bits per heavy atom. The second-order valence-electron chi connectivity index (χ2n) is 4.43. The number of aromatic nitrogens is 1. The molecule has 0 radical (unpaired) electrons. The Kier molecular flexibility index (Phi) is 3.30. The molecule has 0 fully saturated rings. The zero-order chi connectivity index (χ0) is 15.2. The zero-order valence-corrected chi connectivity index (χ0v) is 12.0. The first-order valence-corrected chi connectivity index (χ1v) is 7.07. The lowest BCUT2D eigenvalue weighted by Crippen LogP contribution is -2.05. The van der Waals surface area contributed by atoms with Gasteiger partial charge in [-0.05, 0) is 36.4 Å². The van der Waals surface area contributed by atoms with Crippen LogP contribution in [0.2, 0.25) is 5.02 Å². The van der Waals surface area contributed by atoms with E-state index in [4.69, 9.17) is 17.3 Å². The van der Waals surface area contributed by atoms with Gasteiger partial charge in [0.05, 0.1) is 15.8 Å². The highest BCUT2D eigenvalue weighted by molar-refractivity contribution is 7.21. The topological polar surface area (TPSA) is 38.9 Å². The number of rotatable bonds is 1. The summed E-state index contributed by atoms with van der Waals surface area (Å²) in [6, 6.07) is 8.39. The molecule has 0 aliphatic rings. The normalized spacial score (nSPS) is 12.0. The molecule has 0 saturated heterocycles. The highest BCUT2D eigenvalue weighted by Gasteiger charge is 2.31. The van der Waals surface area contributed by atoms with Crippen molar-refractivity contribution in [2.24, 2.45) is 0 Å². The molecule has 0 spiro atoms. The maximum Gasteiger partial charge on any atom is 0.416 e. The standard InChI is InChI=1S/C14H8ClF3N2S/c15-8-2-4-12-11(6-8)20-13(21-12)9-5-7(14(16,17)18)1-3-10(9)19/h1-6H,19H2. The lowest BCUT2D eigenvalue weighted by atomic mass is 10.1. The van der Waals surface area contributed by atoms with Crippen LogP contribution in [0.4, 0.5) is 18.9 Å². The Balaban J connectivity index is 2.17. The molecule has 108 valence electrons. The summed E-state index contributed by atoms with van der Waals surface area (Å²) in [6.45, 7) is 0. The van der Waals surface area contributed by atoms with Crippen molar-refractivity contribution in [1.29, 1.82) is 0 Å². The van der Waals surface area contributed by atoms with Crippen LogP contribution in [0.15, 0.2) is 36.4 Å². The van der Waals surface area contributed by atoms with Gasteiger partial charge in [-0.15, -0.1) is 11.3 Å². The van der Waals surface area contributed by atoms with Crippen LogP contribution < -0.4 is 5.73 Å². The fraction of sp³-hybridized carbons (Fsp3) is 0.0714. The molecule has 0 aliphatic heterocycles. The summed E-state index contributed by atoms with van der Waals surface area (Å²) < 4.78 is 39.2. The predicted octanol–water partition coefficient (Wildman–Crippen LogP) is 5.22. The molecular weight excluding hydrogens is 321 g/mol. The van der Waals surface area contributed by atoms with Crippen LogP contribution in [0.1, 0.15) is 5.56 Å². The Hall–Kier alpha value is -1.79. The molecule has 0 amide bonds. The third-order valence-corrected chi connectivity index (χ3v) is 4.27. The van der Waals surface area contributed by atoms with E-state index in [-0.39, 0.29) is 11.3 Å². The van der Waals surface area contributed by atoms with Crippen LogP contribution in [0, 0.1) is 0 Å². The van der Waals surface area contributed by atoms with Crippen LogP contribution in [0.3, 0.4) is 0 Å². The largest absolute Gasteiger partial charge is 0.416 e. The molecule has 1 heterocycles. The van der Waals surface area contributed by atoms with Crippen molar-refractivity contribution in [3.63, 3.8) is 0 Å². The lowest BCUT2D eigenvalue weighted by Gasteiger charge is -2.09. The van der Waals surface area contributed by atoms with Gasteiger partial charge in [-0.25, -0.2) is 4.98 Å². The molecule has 2 aromatic carbocycles. The maximum absolute atomic E-state index is 12.8. The molecule has 2 nitrogen and oxygen atoms in total. The van der Waals surface area contributed by atoms with E-state index in [1.165, 1.54) is 17.4 Å². The fourth-order valence-corrected chi connectivity index (χ4v) is 3.08. The molecule has 0 unspecified atom stereocenters. The number of hydrogen-bond acceptors (Lipinski definition) is 3. The van der Waals surface area contributed by atoms with Gasteiger partial charge in [0.1, 0.15) is 5.01 Å². The monoisotopic (exact) mass is 328 g/mol. The third-order valence-electron chi connectivity index (χ3n) is 2.96. The summed E-state index contributed by atoms with van der Waals surface area (Å²) in [5.41, 5.74) is 6.22. The van der Waals surface area contributed by atoms with E-state index in [0.717, 1.165) is 16.8 Å². The summed E-state index contributed by atoms with van der Waals surface area (Å²) in [6.07, 6.45) is -4.41. The number of fused-ring (bicyclic) bond motifs is 1. The molecule has 3 rings (SSSR count). The maximum atomic E-state index is 12.8. The summed E-state index contributed by atoms with van der Waals surface area (Å²) in [5.74, 6) is 0. The van der Waals surface area contributed by atoms with Crippen LogP contribution in [0.5, 0.6) is 0 Å². The van der Waals surface area contributed by atoms with Crippen LogP contribution in [0.25, 0.3) is 20.8 Å². The van der Waals surface area contributed by atoms with Crippen molar-refractivity contribution in [1.82, 2.24) is 4.98 Å². The van der Waals surface area contributed by atoms with Crippen LogP contribution in [-0.2, 0) is 6.18 Å². The van der Waals surface area contributed by atoms with Gasteiger partial charge in [0, 0.05) is 16.3 Å². The highest BCUT2D eigenvalue weighted by Crippen LogP contribution is 2.38. The van der Waals surface area contributed by atoms with Crippen molar-refractivity contribution < 1.29 is 13.2 Å². The van der Waals surface area contributed by atoms with E-state index >= 15 is 0 Å². The van der Waals surface area contributed by atoms with Crippen molar-refractivity contribution in [2.75, 3.05) is 5.73 Å². The van der Waals surface area contributed by atoms with Gasteiger partial charge < -0.3 is 5.73 Å². The number of nitrogen functional groups attached to an aromatic ring is 1. The minimum absolute atomic E-state index is 0.258. The third kappa shape index (κ3) is 2.69. The van der Waals surface area contributed by atoms with Gasteiger partial charge in [0.15, 0.2) is 0 Å². The van der Waals surface area contributed by atoms with Gasteiger partial charge in [-0.3, -0.25) is 0 Å². The van der Waals surface area contributed by atoms with Crippen molar-refractivity contribution in [3.8, 4) is 10.6 Å². The molecule has 1 aromatic heterocycles. The first-order chi connectivity index (χ1) is 9.84. The highest BCUT2D eigenvalue weighted by atomic mass is 35.5. The van der Waals surface area contributed by atoms with Gasteiger partial charge in [-0.2, -0.15) is 13.2 Å². The van der Waals surface area contributed by atoms with E-state index in [1.807, 2.05) is 0 Å². The Labute approximate surface area is 127 Å². The molecule has 3 aromatic rings. The summed E-state index contributed by atoms with van der Waals surface area (Å²) in [7, 11) is 0. The van der Waals surface area contributed by atoms with Crippen molar-refractivity contribution >= 4 is 38.8 Å². The molecule has 0 aliphatic carbocycles. The number of anilines is 1.